The Hall–Kier alpha value is -2.35. The van der Waals surface area contributed by atoms with Crippen molar-refractivity contribution in [1.29, 1.82) is 0 Å². The molecule has 0 fully saturated rings. The number of hydrogen-bond acceptors (Lipinski definition) is 5. The number of benzene rings is 1. The van der Waals surface area contributed by atoms with Gasteiger partial charge in [0.25, 0.3) is 5.91 Å². The third-order valence-electron chi connectivity index (χ3n) is 2.90. The first-order valence-electron chi connectivity index (χ1n) is 6.75. The zero-order valence-electron chi connectivity index (χ0n) is 12.1. The van der Waals surface area contributed by atoms with E-state index in [-0.39, 0.29) is 18.2 Å². The number of carbonyl (C=O) groups is 2. The Morgan fingerprint density at radius 2 is 2.05 bits per heavy atom. The maximum absolute atomic E-state index is 11.9. The number of hydrogen-bond donors (Lipinski definition) is 3. The Kier molecular flexibility index (Phi) is 5.96. The molecule has 0 radical (unpaired) electrons. The van der Waals surface area contributed by atoms with Crippen molar-refractivity contribution in [3.63, 3.8) is 0 Å². The summed E-state index contributed by atoms with van der Waals surface area (Å²) in [5.74, 6) is 0.465. The van der Waals surface area contributed by atoms with Gasteiger partial charge in [-0.2, -0.15) is 5.10 Å². The second kappa shape index (κ2) is 8.18. The summed E-state index contributed by atoms with van der Waals surface area (Å²) in [6.07, 6.45) is 1.74. The molecule has 0 bridgehead atoms. The van der Waals surface area contributed by atoms with Crippen molar-refractivity contribution in [1.82, 2.24) is 25.8 Å². The van der Waals surface area contributed by atoms with Crippen LogP contribution in [-0.2, 0) is 10.5 Å². The summed E-state index contributed by atoms with van der Waals surface area (Å²) in [6, 6.07) is 7.34. The van der Waals surface area contributed by atoms with Gasteiger partial charge in [0.2, 0.25) is 5.91 Å². The molecule has 2 aromatic rings. The summed E-state index contributed by atoms with van der Waals surface area (Å²) < 4.78 is 0. The van der Waals surface area contributed by atoms with Crippen LogP contribution < -0.4 is 10.6 Å². The molecule has 7 nitrogen and oxygen atoms in total. The van der Waals surface area contributed by atoms with Gasteiger partial charge in [-0.3, -0.25) is 14.7 Å². The van der Waals surface area contributed by atoms with Crippen LogP contribution in [0.1, 0.15) is 22.3 Å². The SMILES string of the molecule is CNC(=O)CCNC(=O)c1ccc(CSc2ncn[nH]2)cc1. The molecule has 0 aliphatic carbocycles. The van der Waals surface area contributed by atoms with Gasteiger partial charge in [0.1, 0.15) is 6.33 Å². The highest BCUT2D eigenvalue weighted by molar-refractivity contribution is 7.98. The Morgan fingerprint density at radius 1 is 1.27 bits per heavy atom. The minimum absolute atomic E-state index is 0.0971. The fourth-order valence-electron chi connectivity index (χ4n) is 1.68. The summed E-state index contributed by atoms with van der Waals surface area (Å²) in [5.41, 5.74) is 1.66. The van der Waals surface area contributed by atoms with Gasteiger partial charge in [-0.1, -0.05) is 23.9 Å². The maximum Gasteiger partial charge on any atom is 0.251 e. The number of rotatable bonds is 7. The van der Waals surface area contributed by atoms with E-state index in [0.29, 0.717) is 12.1 Å². The molecule has 1 heterocycles. The van der Waals surface area contributed by atoms with E-state index in [1.54, 1.807) is 19.2 Å². The number of thioether (sulfide) groups is 1. The first-order chi connectivity index (χ1) is 10.7. The number of aromatic nitrogens is 3. The van der Waals surface area contributed by atoms with E-state index in [4.69, 9.17) is 0 Å². The Morgan fingerprint density at radius 3 is 2.68 bits per heavy atom. The lowest BCUT2D eigenvalue weighted by Crippen LogP contribution is -2.29. The molecule has 8 heteroatoms. The van der Waals surface area contributed by atoms with Gasteiger partial charge < -0.3 is 10.6 Å². The molecule has 0 aliphatic heterocycles. The number of amides is 2. The van der Waals surface area contributed by atoms with Crippen molar-refractivity contribution >= 4 is 23.6 Å². The number of carbonyl (C=O) groups excluding carboxylic acids is 2. The van der Waals surface area contributed by atoms with E-state index in [9.17, 15) is 9.59 Å². The average Bonchev–Trinajstić information content (AvgIpc) is 3.06. The standard InChI is InChI=1S/C14H17N5O2S/c1-15-12(20)6-7-16-13(21)11-4-2-10(3-5-11)8-22-14-17-9-18-19-14/h2-5,9H,6-8H2,1H3,(H,15,20)(H,16,21)(H,17,18,19). The van der Waals surface area contributed by atoms with Crippen LogP contribution in [0.2, 0.25) is 0 Å². The topological polar surface area (TPSA) is 99.8 Å². The second-order valence-corrected chi connectivity index (χ2v) is 5.42. The van der Waals surface area contributed by atoms with Crippen molar-refractivity contribution in [3.05, 3.63) is 41.7 Å². The molecule has 1 aromatic carbocycles. The molecule has 0 spiro atoms. The summed E-state index contributed by atoms with van der Waals surface area (Å²) in [4.78, 5) is 27.0. The molecule has 22 heavy (non-hydrogen) atoms. The smallest absolute Gasteiger partial charge is 0.251 e. The van der Waals surface area contributed by atoms with E-state index < -0.39 is 0 Å². The molecule has 2 rings (SSSR count). The highest BCUT2D eigenvalue weighted by Crippen LogP contribution is 2.18. The fraction of sp³-hybridized carbons (Fsp3) is 0.286. The molecule has 1 aromatic heterocycles. The zero-order chi connectivity index (χ0) is 15.8. The maximum atomic E-state index is 11.9. The van der Waals surface area contributed by atoms with Crippen molar-refractivity contribution in [3.8, 4) is 0 Å². The summed E-state index contributed by atoms with van der Waals surface area (Å²) in [7, 11) is 1.57. The van der Waals surface area contributed by atoms with Gasteiger partial charge in [-0.05, 0) is 17.7 Å². The molecule has 0 unspecified atom stereocenters. The first-order valence-corrected chi connectivity index (χ1v) is 7.73. The first kappa shape index (κ1) is 16.0. The lowest BCUT2D eigenvalue weighted by Gasteiger charge is -2.05. The predicted octanol–water partition coefficient (Wildman–Crippen LogP) is 0.963. The number of nitrogens with one attached hydrogen (secondary N) is 3. The predicted molar refractivity (Wildman–Crippen MR) is 83.4 cm³/mol. The lowest BCUT2D eigenvalue weighted by atomic mass is 10.1. The van der Waals surface area contributed by atoms with Crippen molar-refractivity contribution in [2.24, 2.45) is 0 Å². The molecule has 0 aliphatic rings. The van der Waals surface area contributed by atoms with E-state index >= 15 is 0 Å². The average molecular weight is 319 g/mol. The molecule has 0 saturated heterocycles. The minimum Gasteiger partial charge on any atom is -0.359 e. The highest BCUT2D eigenvalue weighted by atomic mass is 32.2. The van der Waals surface area contributed by atoms with Gasteiger partial charge in [0.15, 0.2) is 5.16 Å². The summed E-state index contributed by atoms with van der Waals surface area (Å²) in [5, 5.41) is 12.5. The molecule has 2 amide bonds. The van der Waals surface area contributed by atoms with E-state index in [0.717, 1.165) is 16.5 Å². The van der Waals surface area contributed by atoms with Crippen LogP contribution >= 0.6 is 11.8 Å². The number of nitrogens with zero attached hydrogens (tertiary/aromatic N) is 2. The molecule has 116 valence electrons. The van der Waals surface area contributed by atoms with Gasteiger partial charge in [-0.25, -0.2) is 4.98 Å². The molecule has 0 atom stereocenters. The summed E-state index contributed by atoms with van der Waals surface area (Å²) >= 11 is 1.54. The van der Waals surface area contributed by atoms with Gasteiger partial charge in [-0.15, -0.1) is 0 Å². The van der Waals surface area contributed by atoms with Crippen LogP contribution in [0.15, 0.2) is 35.7 Å². The summed E-state index contributed by atoms with van der Waals surface area (Å²) in [6.45, 7) is 0.321. The number of aromatic amines is 1. The molecular weight excluding hydrogens is 302 g/mol. The Balaban J connectivity index is 1.80. The Bertz CT molecular complexity index is 613. The van der Waals surface area contributed by atoms with Crippen molar-refractivity contribution in [2.75, 3.05) is 13.6 Å². The van der Waals surface area contributed by atoms with Gasteiger partial charge >= 0.3 is 0 Å². The van der Waals surface area contributed by atoms with Crippen LogP contribution in [-0.4, -0.2) is 40.6 Å². The zero-order valence-corrected chi connectivity index (χ0v) is 12.9. The third-order valence-corrected chi connectivity index (χ3v) is 3.85. The van der Waals surface area contributed by atoms with Crippen LogP contribution in [0.25, 0.3) is 0 Å². The quantitative estimate of drug-likeness (QED) is 0.660. The van der Waals surface area contributed by atoms with E-state index in [1.165, 1.54) is 18.1 Å². The van der Waals surface area contributed by atoms with Gasteiger partial charge in [0.05, 0.1) is 0 Å². The Labute approximate surface area is 132 Å². The minimum atomic E-state index is -0.182. The third kappa shape index (κ3) is 4.88. The fourth-order valence-corrected chi connectivity index (χ4v) is 2.42. The molecular formula is C14H17N5O2S. The van der Waals surface area contributed by atoms with Crippen molar-refractivity contribution < 1.29 is 9.59 Å². The van der Waals surface area contributed by atoms with E-state index in [1.807, 2.05) is 12.1 Å². The lowest BCUT2D eigenvalue weighted by molar-refractivity contribution is -0.120. The van der Waals surface area contributed by atoms with Crippen LogP contribution in [0.5, 0.6) is 0 Å². The van der Waals surface area contributed by atoms with Crippen LogP contribution in [0.3, 0.4) is 0 Å². The largest absolute Gasteiger partial charge is 0.359 e. The highest BCUT2D eigenvalue weighted by Gasteiger charge is 2.06. The van der Waals surface area contributed by atoms with Crippen LogP contribution in [0, 0.1) is 0 Å². The molecule has 3 N–H and O–H groups in total. The number of H-pyrrole nitrogens is 1. The molecule has 0 saturated carbocycles. The van der Waals surface area contributed by atoms with Gasteiger partial charge in [0, 0.05) is 31.3 Å². The second-order valence-electron chi connectivity index (χ2n) is 4.46. The monoisotopic (exact) mass is 319 g/mol. The van der Waals surface area contributed by atoms with Crippen molar-refractivity contribution in [2.45, 2.75) is 17.3 Å². The van der Waals surface area contributed by atoms with E-state index in [2.05, 4.69) is 25.8 Å². The van der Waals surface area contributed by atoms with Crippen LogP contribution in [0.4, 0.5) is 0 Å². The normalized spacial score (nSPS) is 10.2.